The lowest BCUT2D eigenvalue weighted by molar-refractivity contribution is 0.0154. The lowest BCUT2D eigenvalue weighted by Crippen LogP contribution is -2.45. The minimum atomic E-state index is -2.87. The Hall–Kier alpha value is -2.88. The summed E-state index contributed by atoms with van der Waals surface area (Å²) in [7, 11) is 0. The van der Waals surface area contributed by atoms with Gasteiger partial charge in [-0.2, -0.15) is 8.78 Å². The van der Waals surface area contributed by atoms with E-state index in [1.807, 2.05) is 10.6 Å². The van der Waals surface area contributed by atoms with E-state index in [9.17, 15) is 13.6 Å². The molecule has 7 rings (SSSR count). The average molecular weight is 444 g/mol. The lowest BCUT2D eigenvalue weighted by atomic mass is 9.62. The molecule has 3 aromatic rings. The second-order valence-electron chi connectivity index (χ2n) is 9.41. The maximum absolute atomic E-state index is 12.7. The van der Waals surface area contributed by atoms with Gasteiger partial charge in [0.2, 0.25) is 5.65 Å². The summed E-state index contributed by atoms with van der Waals surface area (Å²) in [6, 6.07) is 0. The first-order chi connectivity index (χ1) is 15.3. The minimum Gasteiger partial charge on any atom is -0.472 e. The molecule has 168 valence electrons. The number of rotatable bonds is 7. The maximum atomic E-state index is 12.7. The Morgan fingerprint density at radius 1 is 1.28 bits per heavy atom. The van der Waals surface area contributed by atoms with E-state index in [1.54, 1.807) is 6.20 Å². The van der Waals surface area contributed by atoms with Gasteiger partial charge >= 0.3 is 6.43 Å². The van der Waals surface area contributed by atoms with Crippen molar-refractivity contribution >= 4 is 11.4 Å². The fraction of sp³-hybridized carbons (Fsp3) is 0.545. The fourth-order valence-corrected chi connectivity index (χ4v) is 5.01. The van der Waals surface area contributed by atoms with E-state index in [-0.39, 0.29) is 29.2 Å². The zero-order valence-corrected chi connectivity index (χ0v) is 17.5. The third kappa shape index (κ3) is 3.11. The van der Waals surface area contributed by atoms with Crippen molar-refractivity contribution in [3.05, 3.63) is 41.6 Å². The van der Waals surface area contributed by atoms with Crippen molar-refractivity contribution in [2.45, 2.75) is 69.0 Å². The first kappa shape index (κ1) is 19.8. The molecule has 0 spiro atoms. The van der Waals surface area contributed by atoms with E-state index in [0.717, 1.165) is 44.1 Å². The van der Waals surface area contributed by atoms with Crippen LogP contribution in [0.1, 0.15) is 73.2 Å². The van der Waals surface area contributed by atoms with Gasteiger partial charge in [0.05, 0.1) is 30.0 Å². The maximum Gasteiger partial charge on any atom is 0.313 e. The SMILES string of the molecule is CC12CC(c3cn4cc(CC(=O)c5coc(C(F)F)n5)nc(OC5CCC5)c4n3)(CO1)C2. The Labute approximate surface area is 182 Å². The van der Waals surface area contributed by atoms with Crippen molar-refractivity contribution in [2.24, 2.45) is 0 Å². The van der Waals surface area contributed by atoms with E-state index in [1.165, 1.54) is 0 Å². The number of oxazole rings is 1. The molecule has 10 heteroatoms. The van der Waals surface area contributed by atoms with Gasteiger partial charge in [-0.1, -0.05) is 0 Å². The van der Waals surface area contributed by atoms with Crippen LogP contribution in [0.3, 0.4) is 0 Å². The number of alkyl halides is 2. The molecule has 0 N–H and O–H groups in total. The van der Waals surface area contributed by atoms with Crippen LogP contribution in [0, 0.1) is 0 Å². The molecule has 4 fully saturated rings. The van der Waals surface area contributed by atoms with Crippen LogP contribution >= 0.6 is 0 Å². The number of carbonyl (C=O) groups is 1. The zero-order valence-electron chi connectivity index (χ0n) is 17.5. The number of fused-ring (bicyclic) bond motifs is 2. The molecule has 4 aliphatic rings. The summed E-state index contributed by atoms with van der Waals surface area (Å²) in [6.07, 6.45) is 6.62. The van der Waals surface area contributed by atoms with Gasteiger partial charge in [0.1, 0.15) is 18.1 Å². The quantitative estimate of drug-likeness (QED) is 0.512. The van der Waals surface area contributed by atoms with Gasteiger partial charge in [-0.15, -0.1) is 0 Å². The molecule has 2 bridgehead atoms. The number of aromatic nitrogens is 4. The second-order valence-corrected chi connectivity index (χ2v) is 9.41. The number of carbonyl (C=O) groups excluding carboxylic acids is 1. The molecule has 0 unspecified atom stereocenters. The molecule has 2 aliphatic carbocycles. The molecule has 8 nitrogen and oxygen atoms in total. The normalized spacial score (nSPS) is 27.0. The molecule has 5 heterocycles. The molecule has 0 atom stereocenters. The van der Waals surface area contributed by atoms with E-state index < -0.39 is 18.1 Å². The van der Waals surface area contributed by atoms with Crippen LogP contribution in [-0.4, -0.2) is 43.4 Å². The van der Waals surface area contributed by atoms with E-state index >= 15 is 0 Å². The summed E-state index contributed by atoms with van der Waals surface area (Å²) in [4.78, 5) is 25.6. The zero-order chi connectivity index (χ0) is 22.1. The minimum absolute atomic E-state index is 0.0639. The van der Waals surface area contributed by atoms with Crippen LogP contribution in [-0.2, 0) is 16.6 Å². The summed E-state index contributed by atoms with van der Waals surface area (Å²) in [5.74, 6) is -0.840. The van der Waals surface area contributed by atoms with Crippen LogP contribution in [0.5, 0.6) is 5.88 Å². The van der Waals surface area contributed by atoms with Crippen LogP contribution in [0.25, 0.3) is 5.65 Å². The highest BCUT2D eigenvalue weighted by atomic mass is 19.3. The number of ketones is 1. The van der Waals surface area contributed by atoms with Crippen molar-refractivity contribution in [2.75, 3.05) is 6.61 Å². The first-order valence-corrected chi connectivity index (χ1v) is 10.8. The van der Waals surface area contributed by atoms with E-state index in [2.05, 4.69) is 21.3 Å². The van der Waals surface area contributed by atoms with Gasteiger partial charge in [0.25, 0.3) is 11.8 Å². The molecular formula is C22H22F2N4O4. The molecule has 32 heavy (non-hydrogen) atoms. The van der Waals surface area contributed by atoms with Gasteiger partial charge < -0.3 is 18.3 Å². The topological polar surface area (TPSA) is 91.8 Å². The molecule has 0 aromatic carbocycles. The predicted octanol–water partition coefficient (Wildman–Crippen LogP) is 3.83. The van der Waals surface area contributed by atoms with E-state index in [0.29, 0.717) is 23.8 Å². The van der Waals surface area contributed by atoms with Crippen molar-refractivity contribution in [3.8, 4) is 5.88 Å². The fourth-order valence-electron chi connectivity index (χ4n) is 5.01. The van der Waals surface area contributed by atoms with Crippen molar-refractivity contribution in [1.82, 2.24) is 19.4 Å². The molecular weight excluding hydrogens is 422 g/mol. The third-order valence-electron chi connectivity index (χ3n) is 6.79. The highest BCUT2D eigenvalue weighted by Gasteiger charge is 2.61. The van der Waals surface area contributed by atoms with Gasteiger partial charge in [-0.25, -0.2) is 15.0 Å². The Bertz CT molecular complexity index is 1210. The number of ether oxygens (including phenoxy) is 2. The standard InChI is InChI=1S/C22H22F2N4O4/c1-21-9-22(10-21,11-31-21)16-7-28-6-12(5-15(29)14-8-30-19(26-14)17(23)24)25-20(18(28)27-16)32-13-3-2-4-13/h6-8,13,17H,2-5,9-11H2,1H3. The molecule has 0 radical (unpaired) electrons. The highest BCUT2D eigenvalue weighted by Crippen LogP contribution is 2.58. The summed E-state index contributed by atoms with van der Waals surface area (Å²) in [5, 5.41) is 0. The number of Topliss-reactive ketones (excluding diaryl/α,β-unsaturated/α-hetero) is 1. The van der Waals surface area contributed by atoms with Crippen molar-refractivity contribution in [1.29, 1.82) is 0 Å². The van der Waals surface area contributed by atoms with Gasteiger partial charge in [-0.05, 0) is 39.0 Å². The number of hydrogen-bond acceptors (Lipinski definition) is 7. The van der Waals surface area contributed by atoms with Gasteiger partial charge in [0.15, 0.2) is 5.78 Å². The third-order valence-corrected chi connectivity index (χ3v) is 6.79. The number of nitrogens with zero attached hydrogens (tertiary/aromatic N) is 4. The molecule has 3 aromatic heterocycles. The monoisotopic (exact) mass is 444 g/mol. The Morgan fingerprint density at radius 2 is 2.09 bits per heavy atom. The summed E-state index contributed by atoms with van der Waals surface area (Å²) in [6.45, 7) is 2.76. The Balaban J connectivity index is 1.33. The van der Waals surface area contributed by atoms with Gasteiger partial charge in [0, 0.05) is 17.8 Å². The second kappa shape index (κ2) is 6.81. The molecule has 2 saturated carbocycles. The number of hydrogen-bond donors (Lipinski definition) is 0. The van der Waals surface area contributed by atoms with Crippen LogP contribution in [0.15, 0.2) is 23.1 Å². The number of halogens is 2. The van der Waals surface area contributed by atoms with Crippen molar-refractivity contribution in [3.63, 3.8) is 0 Å². The highest BCUT2D eigenvalue weighted by molar-refractivity contribution is 5.95. The van der Waals surface area contributed by atoms with Crippen LogP contribution < -0.4 is 4.74 Å². The average Bonchev–Trinajstić information content (AvgIpc) is 3.45. The van der Waals surface area contributed by atoms with Crippen molar-refractivity contribution < 1.29 is 27.5 Å². The summed E-state index contributed by atoms with van der Waals surface area (Å²) < 4.78 is 44.0. The van der Waals surface area contributed by atoms with Gasteiger partial charge in [-0.3, -0.25) is 4.79 Å². The van der Waals surface area contributed by atoms with Crippen LogP contribution in [0.2, 0.25) is 0 Å². The first-order valence-electron chi connectivity index (χ1n) is 10.8. The smallest absolute Gasteiger partial charge is 0.313 e. The van der Waals surface area contributed by atoms with Crippen LogP contribution in [0.4, 0.5) is 8.78 Å². The Kier molecular flexibility index (Phi) is 4.21. The summed E-state index contributed by atoms with van der Waals surface area (Å²) in [5.41, 5.74) is 1.70. The Morgan fingerprint density at radius 3 is 2.72 bits per heavy atom. The largest absolute Gasteiger partial charge is 0.472 e. The summed E-state index contributed by atoms with van der Waals surface area (Å²) >= 11 is 0. The predicted molar refractivity (Wildman–Crippen MR) is 106 cm³/mol. The molecule has 2 saturated heterocycles. The molecule has 0 amide bonds. The van der Waals surface area contributed by atoms with E-state index in [4.69, 9.17) is 14.5 Å². The number of imidazole rings is 1. The lowest BCUT2D eigenvalue weighted by Gasteiger charge is -2.41. The molecule has 2 aliphatic heterocycles.